The van der Waals surface area contributed by atoms with Crippen LogP contribution in [0.5, 0.6) is 5.75 Å². The molecule has 0 saturated carbocycles. The number of amides is 1. The van der Waals surface area contributed by atoms with Crippen LogP contribution in [0.2, 0.25) is 0 Å². The minimum Gasteiger partial charge on any atom is -0.497 e. The van der Waals surface area contributed by atoms with E-state index in [-0.39, 0.29) is 17.2 Å². The van der Waals surface area contributed by atoms with Crippen molar-refractivity contribution in [3.8, 4) is 33.6 Å². The molecule has 4 rings (SSSR count). The standard InChI is InChI=1S/C25H20N4O3S2/c1-32-19-9-7-16(8-10-19)13-27-22(30)15-34-24-18(12-26)11-20(23(31)29-24)25-28-21(14-33-25)17-5-3-2-4-6-17/h2-11,14H,13,15H2,1H3,(H,27,30)(H,29,31). The highest BCUT2D eigenvalue weighted by molar-refractivity contribution is 8.00. The van der Waals surface area contributed by atoms with Crippen molar-refractivity contribution in [2.45, 2.75) is 11.6 Å². The number of ether oxygens (including phenoxy) is 1. The molecule has 0 fully saturated rings. The summed E-state index contributed by atoms with van der Waals surface area (Å²) in [5.74, 6) is 0.605. The van der Waals surface area contributed by atoms with Crippen LogP contribution >= 0.6 is 23.1 Å². The van der Waals surface area contributed by atoms with E-state index in [1.807, 2.05) is 60.0 Å². The second-order valence-electron chi connectivity index (χ2n) is 7.18. The molecule has 0 aliphatic carbocycles. The van der Waals surface area contributed by atoms with Crippen LogP contribution in [0.1, 0.15) is 11.1 Å². The molecule has 34 heavy (non-hydrogen) atoms. The van der Waals surface area contributed by atoms with E-state index in [4.69, 9.17) is 4.74 Å². The molecule has 4 aromatic rings. The van der Waals surface area contributed by atoms with Crippen LogP contribution in [-0.2, 0) is 11.3 Å². The van der Waals surface area contributed by atoms with Gasteiger partial charge in [-0.25, -0.2) is 4.98 Å². The second kappa shape index (κ2) is 10.8. The van der Waals surface area contributed by atoms with Crippen LogP contribution in [0.3, 0.4) is 0 Å². The van der Waals surface area contributed by atoms with E-state index in [0.717, 1.165) is 34.3 Å². The molecule has 0 saturated heterocycles. The molecule has 0 radical (unpaired) electrons. The summed E-state index contributed by atoms with van der Waals surface area (Å²) in [4.78, 5) is 32.3. The third kappa shape index (κ3) is 5.54. The summed E-state index contributed by atoms with van der Waals surface area (Å²) < 4.78 is 5.12. The predicted octanol–water partition coefficient (Wildman–Crippen LogP) is 4.45. The fourth-order valence-corrected chi connectivity index (χ4v) is 4.78. The minimum atomic E-state index is -0.353. The Hall–Kier alpha value is -3.87. The number of carbonyl (C=O) groups excluding carboxylic acids is 1. The number of hydrogen-bond donors (Lipinski definition) is 2. The summed E-state index contributed by atoms with van der Waals surface area (Å²) in [6, 6.07) is 20.7. The van der Waals surface area contributed by atoms with Gasteiger partial charge in [-0.15, -0.1) is 11.3 Å². The van der Waals surface area contributed by atoms with Gasteiger partial charge in [0.25, 0.3) is 5.56 Å². The molecule has 2 N–H and O–H groups in total. The molecule has 0 aliphatic heterocycles. The molecule has 0 spiro atoms. The smallest absolute Gasteiger partial charge is 0.259 e. The molecule has 9 heteroatoms. The number of methoxy groups -OCH3 is 1. The summed E-state index contributed by atoms with van der Waals surface area (Å²) in [5.41, 5.74) is 2.93. The molecule has 1 amide bonds. The van der Waals surface area contributed by atoms with Crippen molar-refractivity contribution >= 4 is 29.0 Å². The number of benzene rings is 2. The molecule has 7 nitrogen and oxygen atoms in total. The van der Waals surface area contributed by atoms with E-state index in [1.54, 1.807) is 7.11 Å². The number of thioether (sulfide) groups is 1. The van der Waals surface area contributed by atoms with E-state index in [1.165, 1.54) is 17.4 Å². The van der Waals surface area contributed by atoms with Crippen LogP contribution in [0.4, 0.5) is 0 Å². The highest BCUT2D eigenvalue weighted by atomic mass is 32.2. The third-order valence-corrected chi connectivity index (χ3v) is 6.82. The predicted molar refractivity (Wildman–Crippen MR) is 134 cm³/mol. The van der Waals surface area contributed by atoms with Crippen LogP contribution < -0.4 is 15.6 Å². The monoisotopic (exact) mass is 488 g/mol. The number of thiazole rings is 1. The van der Waals surface area contributed by atoms with Crippen molar-refractivity contribution < 1.29 is 9.53 Å². The molecule has 0 atom stereocenters. The molecular weight excluding hydrogens is 468 g/mol. The Balaban J connectivity index is 1.43. The first-order valence-corrected chi connectivity index (χ1v) is 12.1. The van der Waals surface area contributed by atoms with E-state index >= 15 is 0 Å². The molecule has 0 aliphatic rings. The molecule has 2 aromatic heterocycles. The van der Waals surface area contributed by atoms with Gasteiger partial charge in [-0.1, -0.05) is 54.2 Å². The molecular formula is C25H20N4O3S2. The Morgan fingerprint density at radius 2 is 1.97 bits per heavy atom. The highest BCUT2D eigenvalue weighted by Crippen LogP contribution is 2.29. The van der Waals surface area contributed by atoms with Crippen molar-refractivity contribution in [2.24, 2.45) is 0 Å². The first-order chi connectivity index (χ1) is 16.6. The maximum absolute atomic E-state index is 12.7. The number of nitrogens with zero attached hydrogens (tertiary/aromatic N) is 2. The third-order valence-electron chi connectivity index (χ3n) is 4.93. The normalized spacial score (nSPS) is 10.5. The number of rotatable bonds is 8. The maximum Gasteiger partial charge on any atom is 0.259 e. The minimum absolute atomic E-state index is 0.0650. The lowest BCUT2D eigenvalue weighted by atomic mass is 10.2. The largest absolute Gasteiger partial charge is 0.497 e. The summed E-state index contributed by atoms with van der Waals surface area (Å²) >= 11 is 2.46. The summed E-state index contributed by atoms with van der Waals surface area (Å²) in [6.45, 7) is 0.373. The maximum atomic E-state index is 12.7. The quantitative estimate of drug-likeness (QED) is 0.355. The van der Waals surface area contributed by atoms with E-state index in [0.29, 0.717) is 27.7 Å². The Morgan fingerprint density at radius 3 is 2.68 bits per heavy atom. The van der Waals surface area contributed by atoms with Crippen molar-refractivity contribution in [3.63, 3.8) is 0 Å². The van der Waals surface area contributed by atoms with Gasteiger partial charge in [0.15, 0.2) is 0 Å². The highest BCUT2D eigenvalue weighted by Gasteiger charge is 2.15. The summed E-state index contributed by atoms with van der Waals surface area (Å²) in [5, 5.41) is 15.2. The number of carbonyl (C=O) groups is 1. The van der Waals surface area contributed by atoms with Crippen molar-refractivity contribution in [1.82, 2.24) is 15.3 Å². The van der Waals surface area contributed by atoms with Crippen molar-refractivity contribution in [3.05, 3.63) is 87.5 Å². The second-order valence-corrected chi connectivity index (χ2v) is 9.03. The first-order valence-electron chi connectivity index (χ1n) is 10.3. The van der Waals surface area contributed by atoms with Gasteiger partial charge >= 0.3 is 0 Å². The molecule has 0 unspecified atom stereocenters. The topological polar surface area (TPSA) is 108 Å². The summed E-state index contributed by atoms with van der Waals surface area (Å²) in [6.07, 6.45) is 0. The number of aromatic nitrogens is 2. The number of hydrogen-bond acceptors (Lipinski definition) is 7. The van der Waals surface area contributed by atoms with Gasteiger partial charge in [0, 0.05) is 17.5 Å². The Bertz CT molecular complexity index is 1390. The van der Waals surface area contributed by atoms with Gasteiger partial charge < -0.3 is 15.0 Å². The van der Waals surface area contributed by atoms with Gasteiger partial charge in [0.05, 0.1) is 34.7 Å². The lowest BCUT2D eigenvalue weighted by Crippen LogP contribution is -2.24. The number of aromatic amines is 1. The fourth-order valence-electron chi connectivity index (χ4n) is 3.14. The number of nitrogens with one attached hydrogen (secondary N) is 2. The first kappa shape index (κ1) is 23.3. The average molecular weight is 489 g/mol. The van der Waals surface area contributed by atoms with E-state index in [9.17, 15) is 14.9 Å². The van der Waals surface area contributed by atoms with Crippen molar-refractivity contribution in [1.29, 1.82) is 5.26 Å². The van der Waals surface area contributed by atoms with Gasteiger partial charge in [-0.05, 0) is 23.8 Å². The number of nitriles is 1. The number of pyridine rings is 1. The fraction of sp³-hybridized carbons (Fsp3) is 0.120. The zero-order valence-corrected chi connectivity index (χ0v) is 19.8. The lowest BCUT2D eigenvalue weighted by Gasteiger charge is -2.08. The molecule has 2 heterocycles. The zero-order chi connectivity index (χ0) is 23.9. The Kier molecular flexibility index (Phi) is 7.42. The van der Waals surface area contributed by atoms with Crippen molar-refractivity contribution in [2.75, 3.05) is 12.9 Å². The SMILES string of the molecule is COc1ccc(CNC(=O)CSc2[nH]c(=O)c(-c3nc(-c4ccccc4)cs3)cc2C#N)cc1. The number of H-pyrrole nitrogens is 1. The van der Waals surface area contributed by atoms with E-state index < -0.39 is 0 Å². The van der Waals surface area contributed by atoms with Gasteiger partial charge in [-0.3, -0.25) is 9.59 Å². The van der Waals surface area contributed by atoms with Crippen LogP contribution in [0, 0.1) is 11.3 Å². The van der Waals surface area contributed by atoms with E-state index in [2.05, 4.69) is 21.4 Å². The molecule has 2 aromatic carbocycles. The Labute approximate surface area is 204 Å². The van der Waals surface area contributed by atoms with Crippen LogP contribution in [-0.4, -0.2) is 28.7 Å². The Morgan fingerprint density at radius 1 is 1.21 bits per heavy atom. The van der Waals surface area contributed by atoms with Crippen LogP contribution in [0.15, 0.2) is 75.9 Å². The summed E-state index contributed by atoms with van der Waals surface area (Å²) in [7, 11) is 1.60. The van der Waals surface area contributed by atoms with Gasteiger partial charge in [-0.2, -0.15) is 5.26 Å². The van der Waals surface area contributed by atoms with Crippen LogP contribution in [0.25, 0.3) is 21.8 Å². The lowest BCUT2D eigenvalue weighted by molar-refractivity contribution is -0.118. The zero-order valence-electron chi connectivity index (χ0n) is 18.2. The molecule has 170 valence electrons. The van der Waals surface area contributed by atoms with Gasteiger partial charge in [0.1, 0.15) is 16.8 Å². The average Bonchev–Trinajstić information content (AvgIpc) is 3.37. The van der Waals surface area contributed by atoms with Gasteiger partial charge in [0.2, 0.25) is 5.91 Å². The molecule has 0 bridgehead atoms.